The molecule has 0 saturated heterocycles. The van der Waals surface area contributed by atoms with Crippen LogP contribution in [0.15, 0.2) is 47.6 Å². The maximum atomic E-state index is 12.7. The van der Waals surface area contributed by atoms with Crippen molar-refractivity contribution in [3.63, 3.8) is 0 Å². The molecule has 0 fully saturated rings. The molecule has 0 aliphatic rings. The molecule has 1 heterocycles. The smallest absolute Gasteiger partial charge is 0.234 e. The molecule has 0 aliphatic heterocycles. The Hall–Kier alpha value is -3.20. The number of aromatic nitrogens is 3. The van der Waals surface area contributed by atoms with E-state index in [9.17, 15) is 4.79 Å². The van der Waals surface area contributed by atoms with E-state index in [1.807, 2.05) is 44.2 Å². The van der Waals surface area contributed by atoms with Gasteiger partial charge in [0.15, 0.2) is 22.5 Å². The van der Waals surface area contributed by atoms with Crippen LogP contribution in [0.3, 0.4) is 0 Å². The van der Waals surface area contributed by atoms with Gasteiger partial charge in [0.1, 0.15) is 5.75 Å². The Morgan fingerprint density at radius 3 is 2.41 bits per heavy atom. The summed E-state index contributed by atoms with van der Waals surface area (Å²) in [4.78, 5) is 12.7. The van der Waals surface area contributed by atoms with Gasteiger partial charge in [0.25, 0.3) is 0 Å². The molecule has 182 valence electrons. The van der Waals surface area contributed by atoms with Crippen molar-refractivity contribution in [2.45, 2.75) is 45.3 Å². The number of carbonyl (C=O) groups is 1. The van der Waals surface area contributed by atoms with Crippen molar-refractivity contribution in [2.24, 2.45) is 0 Å². The normalized spacial score (nSPS) is 10.7. The minimum atomic E-state index is -0.132. The van der Waals surface area contributed by atoms with E-state index in [2.05, 4.69) is 27.0 Å². The fraction of sp³-hybridized carbons (Fsp3) is 0.400. The molecule has 0 spiro atoms. The van der Waals surface area contributed by atoms with E-state index in [0.29, 0.717) is 30.4 Å². The molecule has 34 heavy (non-hydrogen) atoms. The minimum absolute atomic E-state index is 0.132. The summed E-state index contributed by atoms with van der Waals surface area (Å²) in [5, 5.41) is 12.4. The fourth-order valence-electron chi connectivity index (χ4n) is 3.32. The van der Waals surface area contributed by atoms with Gasteiger partial charge in [-0.15, -0.1) is 10.2 Å². The first-order valence-corrected chi connectivity index (χ1v) is 12.5. The Labute approximate surface area is 205 Å². The molecule has 0 unspecified atom stereocenters. The summed E-state index contributed by atoms with van der Waals surface area (Å²) in [6.07, 6.45) is 2.04. The number of nitrogens with one attached hydrogen (secondary N) is 1. The molecular weight excluding hydrogens is 452 g/mol. The topological polar surface area (TPSA) is 87.5 Å². The van der Waals surface area contributed by atoms with Crippen LogP contribution in [0.25, 0.3) is 11.4 Å². The van der Waals surface area contributed by atoms with E-state index in [1.54, 1.807) is 19.2 Å². The molecule has 0 atom stereocenters. The number of amides is 1. The monoisotopic (exact) mass is 484 g/mol. The summed E-state index contributed by atoms with van der Waals surface area (Å²) in [5.41, 5.74) is 1.61. The maximum absolute atomic E-state index is 12.7. The van der Waals surface area contributed by atoms with Gasteiger partial charge in [0.05, 0.1) is 26.1 Å². The molecule has 0 aliphatic carbocycles. The highest BCUT2D eigenvalue weighted by atomic mass is 32.2. The largest absolute Gasteiger partial charge is 0.497 e. The molecule has 8 nitrogen and oxygen atoms in total. The zero-order chi connectivity index (χ0) is 24.3. The number of ether oxygens (including phenoxy) is 3. The molecule has 0 radical (unpaired) electrons. The molecule has 1 N–H and O–H groups in total. The van der Waals surface area contributed by atoms with Gasteiger partial charge in [-0.25, -0.2) is 0 Å². The molecule has 0 bridgehead atoms. The standard InChI is InChI=1S/C25H32N4O4S/c1-5-8-15-29-24(18-9-12-20(31-4)13-10-18)27-28-25(29)34-17-23(30)26-19-11-14-21(32-6-2)22(16-19)33-7-3/h9-14,16H,5-8,15,17H2,1-4H3,(H,26,30). The van der Waals surface area contributed by atoms with E-state index in [4.69, 9.17) is 14.2 Å². The first-order valence-electron chi connectivity index (χ1n) is 11.5. The van der Waals surface area contributed by atoms with Gasteiger partial charge in [-0.3, -0.25) is 4.79 Å². The van der Waals surface area contributed by atoms with Gasteiger partial charge in [-0.1, -0.05) is 25.1 Å². The lowest BCUT2D eigenvalue weighted by atomic mass is 10.2. The van der Waals surface area contributed by atoms with Crippen molar-refractivity contribution >= 4 is 23.4 Å². The predicted octanol–water partition coefficient (Wildman–Crippen LogP) is 5.28. The van der Waals surface area contributed by atoms with Crippen molar-refractivity contribution in [2.75, 3.05) is 31.4 Å². The molecule has 9 heteroatoms. The molecule has 3 rings (SSSR count). The molecule has 0 saturated carbocycles. The molecule has 1 amide bonds. The second kappa shape index (κ2) is 12.9. The number of methoxy groups -OCH3 is 1. The quantitative estimate of drug-likeness (QED) is 0.330. The number of hydrogen-bond donors (Lipinski definition) is 1. The number of anilines is 1. The number of benzene rings is 2. The number of hydrogen-bond acceptors (Lipinski definition) is 7. The van der Waals surface area contributed by atoms with Crippen LogP contribution < -0.4 is 19.5 Å². The van der Waals surface area contributed by atoms with Gasteiger partial charge in [-0.2, -0.15) is 0 Å². The molecule has 3 aromatic rings. The lowest BCUT2D eigenvalue weighted by Gasteiger charge is -2.13. The van der Waals surface area contributed by atoms with Gasteiger partial charge in [0.2, 0.25) is 5.91 Å². The highest BCUT2D eigenvalue weighted by Gasteiger charge is 2.16. The number of rotatable bonds is 13. The Bertz CT molecular complexity index is 1070. The summed E-state index contributed by atoms with van der Waals surface area (Å²) < 4.78 is 18.6. The van der Waals surface area contributed by atoms with Gasteiger partial charge >= 0.3 is 0 Å². The average Bonchev–Trinajstić information content (AvgIpc) is 3.26. The highest BCUT2D eigenvalue weighted by molar-refractivity contribution is 7.99. The van der Waals surface area contributed by atoms with Crippen molar-refractivity contribution < 1.29 is 19.0 Å². The van der Waals surface area contributed by atoms with E-state index in [0.717, 1.165) is 41.7 Å². The lowest BCUT2D eigenvalue weighted by molar-refractivity contribution is -0.113. The highest BCUT2D eigenvalue weighted by Crippen LogP contribution is 2.31. The van der Waals surface area contributed by atoms with Gasteiger partial charge in [0, 0.05) is 23.9 Å². The third-order valence-electron chi connectivity index (χ3n) is 4.96. The van der Waals surface area contributed by atoms with E-state index in [-0.39, 0.29) is 11.7 Å². The average molecular weight is 485 g/mol. The summed E-state index contributed by atoms with van der Waals surface area (Å²) in [7, 11) is 1.64. The van der Waals surface area contributed by atoms with Crippen LogP contribution in [-0.2, 0) is 11.3 Å². The predicted molar refractivity (Wildman–Crippen MR) is 135 cm³/mol. The minimum Gasteiger partial charge on any atom is -0.497 e. The second-order valence-corrected chi connectivity index (χ2v) is 8.35. The van der Waals surface area contributed by atoms with Crippen LogP contribution in [0, 0.1) is 0 Å². The van der Waals surface area contributed by atoms with E-state index >= 15 is 0 Å². The summed E-state index contributed by atoms with van der Waals surface area (Å²) in [5.74, 6) is 2.92. The van der Waals surface area contributed by atoms with Crippen molar-refractivity contribution in [3.8, 4) is 28.6 Å². The summed E-state index contributed by atoms with van der Waals surface area (Å²) in [6.45, 7) is 7.81. The van der Waals surface area contributed by atoms with Crippen LogP contribution in [0.2, 0.25) is 0 Å². The van der Waals surface area contributed by atoms with Crippen LogP contribution >= 0.6 is 11.8 Å². The summed E-state index contributed by atoms with van der Waals surface area (Å²) >= 11 is 1.37. The fourth-order valence-corrected chi connectivity index (χ4v) is 4.09. The van der Waals surface area contributed by atoms with Gasteiger partial charge in [-0.05, 0) is 56.7 Å². The van der Waals surface area contributed by atoms with Crippen molar-refractivity contribution in [1.29, 1.82) is 0 Å². The van der Waals surface area contributed by atoms with Crippen LogP contribution in [-0.4, -0.2) is 46.7 Å². The molecule has 1 aromatic heterocycles. The summed E-state index contributed by atoms with van der Waals surface area (Å²) in [6, 6.07) is 13.1. The first-order chi connectivity index (χ1) is 16.6. The first kappa shape index (κ1) is 25.4. The number of carbonyl (C=O) groups excluding carboxylic acids is 1. The van der Waals surface area contributed by atoms with Crippen LogP contribution in [0.5, 0.6) is 17.2 Å². The van der Waals surface area contributed by atoms with Crippen molar-refractivity contribution in [1.82, 2.24) is 14.8 Å². The SMILES string of the molecule is CCCCn1c(SCC(=O)Nc2ccc(OCC)c(OCC)c2)nnc1-c1ccc(OC)cc1. The lowest BCUT2D eigenvalue weighted by Crippen LogP contribution is -2.15. The maximum Gasteiger partial charge on any atom is 0.234 e. The number of nitrogens with zero attached hydrogens (tertiary/aromatic N) is 3. The third kappa shape index (κ3) is 6.66. The molecular formula is C25H32N4O4S. The van der Waals surface area contributed by atoms with E-state index in [1.165, 1.54) is 11.8 Å². The zero-order valence-corrected chi connectivity index (χ0v) is 21.0. The number of thioether (sulfide) groups is 1. The Kier molecular flexibility index (Phi) is 9.63. The van der Waals surface area contributed by atoms with Gasteiger partial charge < -0.3 is 24.1 Å². The van der Waals surface area contributed by atoms with E-state index < -0.39 is 0 Å². The number of unbranched alkanes of at least 4 members (excludes halogenated alkanes) is 1. The Balaban J connectivity index is 1.70. The Morgan fingerprint density at radius 1 is 1.00 bits per heavy atom. The Morgan fingerprint density at radius 2 is 1.74 bits per heavy atom. The zero-order valence-electron chi connectivity index (χ0n) is 20.2. The second-order valence-electron chi connectivity index (χ2n) is 7.40. The van der Waals surface area contributed by atoms with Crippen molar-refractivity contribution in [3.05, 3.63) is 42.5 Å². The van der Waals surface area contributed by atoms with Crippen LogP contribution in [0.1, 0.15) is 33.6 Å². The molecule has 2 aromatic carbocycles. The van der Waals surface area contributed by atoms with Crippen LogP contribution in [0.4, 0.5) is 5.69 Å². The third-order valence-corrected chi connectivity index (χ3v) is 5.93.